The summed E-state index contributed by atoms with van der Waals surface area (Å²) in [6, 6.07) is 9.95. The van der Waals surface area contributed by atoms with Crippen LogP contribution in [0.2, 0.25) is 0 Å². The Morgan fingerprint density at radius 2 is 1.95 bits per heavy atom. The van der Waals surface area contributed by atoms with Crippen molar-refractivity contribution in [2.24, 2.45) is 0 Å². The molecule has 0 aliphatic rings. The predicted octanol–water partition coefficient (Wildman–Crippen LogP) is 0.0652. The highest BCUT2D eigenvalue weighted by Gasteiger charge is 2.10. The van der Waals surface area contributed by atoms with Gasteiger partial charge in [0.2, 0.25) is 0 Å². The molecule has 2 heterocycles. The van der Waals surface area contributed by atoms with Crippen molar-refractivity contribution in [1.82, 2.24) is 36.0 Å². The van der Waals surface area contributed by atoms with Gasteiger partial charge in [-0.2, -0.15) is 0 Å². The van der Waals surface area contributed by atoms with E-state index in [0.29, 0.717) is 16.9 Å². The molecule has 0 fully saturated rings. The molecule has 0 saturated heterocycles. The van der Waals surface area contributed by atoms with Crippen molar-refractivity contribution in [3.8, 4) is 5.69 Å². The Morgan fingerprint density at radius 1 is 1.09 bits per heavy atom. The van der Waals surface area contributed by atoms with Crippen molar-refractivity contribution in [2.75, 3.05) is 0 Å². The van der Waals surface area contributed by atoms with Crippen molar-refractivity contribution < 1.29 is 9.59 Å². The minimum absolute atomic E-state index is 0.350. The SMILES string of the molecule is O=C(NNC(=O)c1ccc[nH]1)c1cccc(-n2cnnn2)c1. The minimum atomic E-state index is -0.449. The molecule has 2 amide bonds. The second-order valence-electron chi connectivity index (χ2n) is 4.30. The van der Waals surface area contributed by atoms with Crippen molar-refractivity contribution in [1.29, 1.82) is 0 Å². The fourth-order valence-corrected chi connectivity index (χ4v) is 1.79. The number of nitrogens with zero attached hydrogens (tertiary/aromatic N) is 4. The number of nitrogens with one attached hydrogen (secondary N) is 3. The zero-order valence-electron chi connectivity index (χ0n) is 11.2. The molecule has 9 nitrogen and oxygen atoms in total. The second-order valence-corrected chi connectivity index (χ2v) is 4.30. The number of carbonyl (C=O) groups excluding carboxylic acids is 2. The lowest BCUT2D eigenvalue weighted by atomic mass is 10.2. The Balaban J connectivity index is 1.68. The number of benzene rings is 1. The predicted molar refractivity (Wildman–Crippen MR) is 74.9 cm³/mol. The van der Waals surface area contributed by atoms with Gasteiger partial charge in [0.15, 0.2) is 0 Å². The fourth-order valence-electron chi connectivity index (χ4n) is 1.79. The molecule has 0 radical (unpaired) electrons. The van der Waals surface area contributed by atoms with Gasteiger partial charge in [0.05, 0.1) is 5.69 Å². The van der Waals surface area contributed by atoms with Gasteiger partial charge in [0.25, 0.3) is 11.8 Å². The third kappa shape index (κ3) is 2.82. The molecular formula is C13H11N7O2. The van der Waals surface area contributed by atoms with Crippen LogP contribution in [-0.2, 0) is 0 Å². The topological polar surface area (TPSA) is 118 Å². The highest BCUT2D eigenvalue weighted by molar-refractivity contribution is 5.98. The van der Waals surface area contributed by atoms with Crippen LogP contribution in [0.15, 0.2) is 48.9 Å². The van der Waals surface area contributed by atoms with E-state index in [2.05, 4.69) is 31.4 Å². The fraction of sp³-hybridized carbons (Fsp3) is 0. The zero-order valence-corrected chi connectivity index (χ0v) is 11.2. The maximum absolute atomic E-state index is 12.0. The first kappa shape index (κ1) is 13.5. The molecule has 9 heteroatoms. The lowest BCUT2D eigenvalue weighted by Gasteiger charge is -2.07. The standard InChI is InChI=1S/C13H11N7O2/c21-12(16-17-13(22)11-5-2-6-14-11)9-3-1-4-10(7-9)20-8-15-18-19-20/h1-8,14H,(H,16,21)(H,17,22). The number of hydrogen-bond acceptors (Lipinski definition) is 5. The molecule has 22 heavy (non-hydrogen) atoms. The number of tetrazole rings is 1. The van der Waals surface area contributed by atoms with Crippen molar-refractivity contribution in [3.63, 3.8) is 0 Å². The molecule has 1 aromatic carbocycles. The average molecular weight is 297 g/mol. The number of rotatable bonds is 3. The van der Waals surface area contributed by atoms with E-state index < -0.39 is 11.8 Å². The van der Waals surface area contributed by atoms with E-state index in [4.69, 9.17) is 0 Å². The largest absolute Gasteiger partial charge is 0.357 e. The van der Waals surface area contributed by atoms with E-state index in [0.717, 1.165) is 0 Å². The van der Waals surface area contributed by atoms with Crippen molar-refractivity contribution >= 4 is 11.8 Å². The van der Waals surface area contributed by atoms with Crippen LogP contribution in [0.25, 0.3) is 5.69 Å². The number of H-pyrrole nitrogens is 1. The van der Waals surface area contributed by atoms with Crippen LogP contribution >= 0.6 is 0 Å². The van der Waals surface area contributed by atoms with E-state index in [1.54, 1.807) is 42.6 Å². The molecule has 0 bridgehead atoms. The first-order chi connectivity index (χ1) is 10.7. The van der Waals surface area contributed by atoms with Crippen LogP contribution in [0.4, 0.5) is 0 Å². The monoisotopic (exact) mass is 297 g/mol. The summed E-state index contributed by atoms with van der Waals surface area (Å²) in [5.74, 6) is -0.884. The van der Waals surface area contributed by atoms with Gasteiger partial charge < -0.3 is 4.98 Å². The summed E-state index contributed by atoms with van der Waals surface area (Å²) >= 11 is 0. The molecule has 3 aromatic rings. The third-order valence-electron chi connectivity index (χ3n) is 2.85. The molecule has 0 unspecified atom stereocenters. The smallest absolute Gasteiger partial charge is 0.286 e. The van der Waals surface area contributed by atoms with Crippen LogP contribution in [0, 0.1) is 0 Å². The first-order valence-corrected chi connectivity index (χ1v) is 6.31. The normalized spacial score (nSPS) is 10.2. The van der Waals surface area contributed by atoms with Crippen LogP contribution in [0.5, 0.6) is 0 Å². The van der Waals surface area contributed by atoms with Crippen molar-refractivity contribution in [3.05, 3.63) is 60.2 Å². The summed E-state index contributed by atoms with van der Waals surface area (Å²) in [5.41, 5.74) is 6.00. The Bertz CT molecular complexity index is 781. The number of hydrogen-bond donors (Lipinski definition) is 3. The lowest BCUT2D eigenvalue weighted by molar-refractivity contribution is 0.0844. The summed E-state index contributed by atoms with van der Waals surface area (Å²) in [4.78, 5) is 26.5. The first-order valence-electron chi connectivity index (χ1n) is 6.31. The number of amides is 2. The maximum atomic E-state index is 12.0. The average Bonchev–Trinajstić information content (AvgIpc) is 3.25. The molecule has 0 aliphatic carbocycles. The Hall–Kier alpha value is -3.49. The third-order valence-corrected chi connectivity index (χ3v) is 2.85. The summed E-state index contributed by atoms with van der Waals surface area (Å²) in [7, 11) is 0. The molecule has 110 valence electrons. The lowest BCUT2D eigenvalue weighted by Crippen LogP contribution is -2.41. The summed E-state index contributed by atoms with van der Waals surface area (Å²) in [6.07, 6.45) is 3.04. The van der Waals surface area contributed by atoms with Crippen LogP contribution < -0.4 is 10.9 Å². The molecule has 2 aromatic heterocycles. The van der Waals surface area contributed by atoms with Crippen molar-refractivity contribution in [2.45, 2.75) is 0 Å². The van der Waals surface area contributed by atoms with E-state index in [1.807, 2.05) is 0 Å². The van der Waals surface area contributed by atoms with Crippen LogP contribution in [0.1, 0.15) is 20.8 Å². The maximum Gasteiger partial charge on any atom is 0.286 e. The Labute approximate surface area is 124 Å². The van der Waals surface area contributed by atoms with Gasteiger partial charge in [0, 0.05) is 11.8 Å². The molecule has 3 N–H and O–H groups in total. The minimum Gasteiger partial charge on any atom is -0.357 e. The zero-order chi connectivity index (χ0) is 15.4. The van der Waals surface area contributed by atoms with Gasteiger partial charge in [-0.15, -0.1) is 5.10 Å². The molecule has 3 rings (SSSR count). The van der Waals surface area contributed by atoms with Gasteiger partial charge >= 0.3 is 0 Å². The van der Waals surface area contributed by atoms with E-state index in [9.17, 15) is 9.59 Å². The number of carbonyl (C=O) groups is 2. The molecule has 0 atom stereocenters. The molecule has 0 spiro atoms. The highest BCUT2D eigenvalue weighted by Crippen LogP contribution is 2.08. The van der Waals surface area contributed by atoms with E-state index in [1.165, 1.54) is 11.0 Å². The summed E-state index contributed by atoms with van der Waals surface area (Å²) in [6.45, 7) is 0. The van der Waals surface area contributed by atoms with Crippen LogP contribution in [0.3, 0.4) is 0 Å². The summed E-state index contributed by atoms with van der Waals surface area (Å²) < 4.78 is 1.42. The molecular weight excluding hydrogens is 286 g/mol. The number of aromatic amines is 1. The Morgan fingerprint density at radius 3 is 2.68 bits per heavy atom. The van der Waals surface area contributed by atoms with Gasteiger partial charge in [-0.25, -0.2) is 4.68 Å². The highest BCUT2D eigenvalue weighted by atomic mass is 16.2. The van der Waals surface area contributed by atoms with Gasteiger partial charge in [-0.1, -0.05) is 6.07 Å². The van der Waals surface area contributed by atoms with Gasteiger partial charge in [-0.05, 0) is 40.8 Å². The van der Waals surface area contributed by atoms with Crippen LogP contribution in [-0.4, -0.2) is 37.0 Å². The van der Waals surface area contributed by atoms with E-state index >= 15 is 0 Å². The van der Waals surface area contributed by atoms with E-state index in [-0.39, 0.29) is 0 Å². The molecule has 0 saturated carbocycles. The number of hydrazine groups is 1. The molecule has 0 aliphatic heterocycles. The quantitative estimate of drug-likeness (QED) is 0.591. The second kappa shape index (κ2) is 5.87. The Kier molecular flexibility index (Phi) is 3.60. The number of aromatic nitrogens is 5. The summed E-state index contributed by atoms with van der Waals surface area (Å²) in [5, 5.41) is 10.8. The van der Waals surface area contributed by atoms with Gasteiger partial charge in [-0.3, -0.25) is 20.4 Å². The van der Waals surface area contributed by atoms with Gasteiger partial charge in [0.1, 0.15) is 12.0 Å².